The van der Waals surface area contributed by atoms with Gasteiger partial charge >= 0.3 is 5.97 Å². The Balaban J connectivity index is 1.54. The number of hydrogen-bond acceptors (Lipinski definition) is 10. The number of anilines is 5. The number of rotatable bonds is 9. The van der Waals surface area contributed by atoms with Gasteiger partial charge in [0, 0.05) is 29.3 Å². The van der Waals surface area contributed by atoms with Crippen molar-refractivity contribution in [3.8, 4) is 0 Å². The molecular weight excluding hydrogens is 460 g/mol. The molecule has 2 aromatic carbocycles. The molecule has 0 atom stereocenters. The van der Waals surface area contributed by atoms with E-state index in [1.165, 1.54) is 12.4 Å². The van der Waals surface area contributed by atoms with Crippen molar-refractivity contribution in [2.75, 3.05) is 22.7 Å². The first-order valence-corrected chi connectivity index (χ1v) is 11.1. The summed E-state index contributed by atoms with van der Waals surface area (Å²) in [6.45, 7) is 4.05. The molecule has 0 spiro atoms. The zero-order valence-corrected chi connectivity index (χ0v) is 19.6. The van der Waals surface area contributed by atoms with Crippen LogP contribution < -0.4 is 21.5 Å². The van der Waals surface area contributed by atoms with Crippen molar-refractivity contribution in [3.05, 3.63) is 89.7 Å². The van der Waals surface area contributed by atoms with Crippen LogP contribution in [-0.2, 0) is 4.74 Å². The molecule has 4 rings (SSSR count). The van der Waals surface area contributed by atoms with Gasteiger partial charge in [0.2, 0.25) is 17.8 Å². The summed E-state index contributed by atoms with van der Waals surface area (Å²) in [7, 11) is 0. The second kappa shape index (κ2) is 11.4. The molecule has 0 saturated carbocycles. The van der Waals surface area contributed by atoms with Gasteiger partial charge in [0.1, 0.15) is 0 Å². The third-order valence-corrected chi connectivity index (χ3v) is 4.83. The van der Waals surface area contributed by atoms with E-state index < -0.39 is 5.97 Å². The van der Waals surface area contributed by atoms with Gasteiger partial charge in [0.05, 0.1) is 12.2 Å². The summed E-state index contributed by atoms with van der Waals surface area (Å²) in [5.41, 5.74) is 8.67. The Bertz CT molecular complexity index is 1330. The van der Waals surface area contributed by atoms with Gasteiger partial charge in [-0.15, -0.1) is 0 Å². The van der Waals surface area contributed by atoms with E-state index in [9.17, 15) is 9.59 Å². The fraction of sp³-hybridized carbons (Fsp3) is 0.120. The highest BCUT2D eigenvalue weighted by atomic mass is 16.5. The smallest absolute Gasteiger partial charge is 0.338 e. The van der Waals surface area contributed by atoms with Gasteiger partial charge in [-0.05, 0) is 62.4 Å². The van der Waals surface area contributed by atoms with Gasteiger partial charge in [-0.3, -0.25) is 20.6 Å². The maximum absolute atomic E-state index is 12.4. The minimum atomic E-state index is -0.398. The minimum absolute atomic E-state index is 0.104. The summed E-state index contributed by atoms with van der Waals surface area (Å²) >= 11 is 0. The molecule has 0 aliphatic rings. The number of aryl methyl sites for hydroxylation is 1. The van der Waals surface area contributed by atoms with Crippen LogP contribution in [0.1, 0.15) is 33.2 Å². The second-order valence-corrected chi connectivity index (χ2v) is 7.54. The van der Waals surface area contributed by atoms with Crippen molar-refractivity contribution in [1.82, 2.24) is 25.4 Å². The first-order chi connectivity index (χ1) is 17.5. The average molecular weight is 485 g/mol. The third-order valence-electron chi connectivity index (χ3n) is 4.83. The number of nitrogens with zero attached hydrogens (tertiary/aromatic N) is 4. The van der Waals surface area contributed by atoms with Crippen LogP contribution in [-0.4, -0.2) is 38.4 Å². The average Bonchev–Trinajstić information content (AvgIpc) is 2.89. The molecule has 0 bridgehead atoms. The number of esters is 1. The number of hydrazine groups is 1. The summed E-state index contributed by atoms with van der Waals surface area (Å²) in [5, 5.41) is 6.21. The van der Waals surface area contributed by atoms with Crippen molar-refractivity contribution in [2.45, 2.75) is 13.8 Å². The van der Waals surface area contributed by atoms with E-state index in [2.05, 4.69) is 41.4 Å². The normalized spacial score (nSPS) is 10.3. The Labute approximate surface area is 207 Å². The number of carbonyl (C=O) groups is 2. The molecule has 1 amide bonds. The van der Waals surface area contributed by atoms with Gasteiger partial charge in [-0.25, -0.2) is 4.79 Å². The molecule has 0 fully saturated rings. The zero-order valence-electron chi connectivity index (χ0n) is 19.6. The van der Waals surface area contributed by atoms with Gasteiger partial charge in [0.25, 0.3) is 5.91 Å². The molecule has 0 radical (unpaired) electrons. The van der Waals surface area contributed by atoms with Crippen LogP contribution in [0.25, 0.3) is 0 Å². The molecular formula is C25H24N8O3. The van der Waals surface area contributed by atoms with E-state index in [0.29, 0.717) is 23.4 Å². The molecule has 0 aliphatic heterocycles. The third kappa shape index (κ3) is 6.50. The number of benzene rings is 2. The van der Waals surface area contributed by atoms with E-state index in [4.69, 9.17) is 4.74 Å². The Morgan fingerprint density at radius 3 is 1.89 bits per heavy atom. The van der Waals surface area contributed by atoms with E-state index in [0.717, 1.165) is 11.3 Å². The molecule has 4 aromatic rings. The van der Waals surface area contributed by atoms with Crippen LogP contribution in [0, 0.1) is 6.92 Å². The quantitative estimate of drug-likeness (QED) is 0.203. The predicted molar refractivity (Wildman–Crippen MR) is 135 cm³/mol. The number of carbonyl (C=O) groups excluding carboxylic acids is 2. The van der Waals surface area contributed by atoms with Crippen LogP contribution in [0.2, 0.25) is 0 Å². The number of ether oxygens (including phenoxy) is 1. The van der Waals surface area contributed by atoms with Crippen LogP contribution in [0.15, 0.2) is 73.1 Å². The lowest BCUT2D eigenvalue weighted by atomic mass is 10.2. The largest absolute Gasteiger partial charge is 0.462 e. The first kappa shape index (κ1) is 24.1. The van der Waals surface area contributed by atoms with Crippen LogP contribution in [0.4, 0.5) is 29.2 Å². The Morgan fingerprint density at radius 2 is 1.31 bits per heavy atom. The van der Waals surface area contributed by atoms with E-state index >= 15 is 0 Å². The topological polar surface area (TPSA) is 143 Å². The summed E-state index contributed by atoms with van der Waals surface area (Å²) in [6.07, 6.45) is 3.05. The molecule has 4 N–H and O–H groups in total. The number of aromatic nitrogens is 4. The lowest BCUT2D eigenvalue weighted by Crippen LogP contribution is -2.30. The van der Waals surface area contributed by atoms with Crippen molar-refractivity contribution >= 4 is 41.1 Å². The monoisotopic (exact) mass is 484 g/mol. The highest BCUT2D eigenvalue weighted by molar-refractivity contribution is 5.94. The fourth-order valence-corrected chi connectivity index (χ4v) is 3.03. The number of amides is 1. The Kier molecular flexibility index (Phi) is 7.61. The summed E-state index contributed by atoms with van der Waals surface area (Å²) in [4.78, 5) is 41.3. The van der Waals surface area contributed by atoms with Crippen LogP contribution in [0.3, 0.4) is 0 Å². The molecule has 0 unspecified atom stereocenters. The molecule has 0 aliphatic carbocycles. The fourth-order valence-electron chi connectivity index (χ4n) is 3.03. The SMILES string of the molecule is CCOC(=O)c1ccc(Nc2nc(NNC(=O)c3ccncc3)nc(Nc3ccc(C)cc3)n2)cc1. The summed E-state index contributed by atoms with van der Waals surface area (Å²) in [5.74, 6) is -0.211. The van der Waals surface area contributed by atoms with Gasteiger partial charge in [-0.1, -0.05) is 17.7 Å². The zero-order chi connectivity index (χ0) is 25.3. The van der Waals surface area contributed by atoms with Crippen molar-refractivity contribution < 1.29 is 14.3 Å². The molecule has 2 heterocycles. The highest BCUT2D eigenvalue weighted by Gasteiger charge is 2.11. The van der Waals surface area contributed by atoms with E-state index in [1.807, 2.05) is 31.2 Å². The lowest BCUT2D eigenvalue weighted by molar-refractivity contribution is 0.0526. The number of pyridine rings is 1. The van der Waals surface area contributed by atoms with Crippen molar-refractivity contribution in [2.24, 2.45) is 0 Å². The van der Waals surface area contributed by atoms with Crippen molar-refractivity contribution in [3.63, 3.8) is 0 Å². The first-order valence-electron chi connectivity index (χ1n) is 11.1. The Morgan fingerprint density at radius 1 is 0.750 bits per heavy atom. The lowest BCUT2D eigenvalue weighted by Gasteiger charge is -2.12. The molecule has 0 saturated heterocycles. The summed E-state index contributed by atoms with van der Waals surface area (Å²) < 4.78 is 5.01. The molecule has 2 aromatic heterocycles. The number of hydrogen-bond donors (Lipinski definition) is 4. The van der Waals surface area contributed by atoms with Gasteiger partial charge in [0.15, 0.2) is 0 Å². The molecule has 36 heavy (non-hydrogen) atoms. The maximum Gasteiger partial charge on any atom is 0.338 e. The minimum Gasteiger partial charge on any atom is -0.462 e. The maximum atomic E-state index is 12.4. The van der Waals surface area contributed by atoms with Crippen molar-refractivity contribution in [1.29, 1.82) is 0 Å². The molecule has 11 nitrogen and oxygen atoms in total. The van der Waals surface area contributed by atoms with Crippen LogP contribution >= 0.6 is 0 Å². The Hall–Kier alpha value is -5.06. The van der Waals surface area contributed by atoms with E-state index in [1.54, 1.807) is 43.3 Å². The molecule has 182 valence electrons. The number of nitrogens with one attached hydrogen (secondary N) is 4. The summed E-state index contributed by atoms with van der Waals surface area (Å²) in [6, 6.07) is 17.6. The van der Waals surface area contributed by atoms with Gasteiger partial charge in [-0.2, -0.15) is 15.0 Å². The van der Waals surface area contributed by atoms with E-state index in [-0.39, 0.29) is 23.8 Å². The highest BCUT2D eigenvalue weighted by Crippen LogP contribution is 2.19. The molecule has 11 heteroatoms. The van der Waals surface area contributed by atoms with Gasteiger partial charge < -0.3 is 15.4 Å². The predicted octanol–water partition coefficient (Wildman–Crippen LogP) is 4.00. The standard InChI is InChI=1S/C25H24N8O3/c1-3-36-22(35)18-6-10-20(11-7-18)28-24-29-23(27-19-8-4-16(2)5-9-19)30-25(31-24)33-32-21(34)17-12-14-26-15-13-17/h4-15H,3H2,1-2H3,(H,32,34)(H3,27,28,29,30,31,33). The van der Waals surface area contributed by atoms with Crippen LogP contribution in [0.5, 0.6) is 0 Å². The second-order valence-electron chi connectivity index (χ2n) is 7.54.